The zero-order valence-electron chi connectivity index (χ0n) is 11.4. The minimum absolute atomic E-state index is 0.272. The van der Waals surface area contributed by atoms with Crippen LogP contribution in [0.2, 0.25) is 0 Å². The normalized spacial score (nSPS) is 24.0. The van der Waals surface area contributed by atoms with Crippen molar-refractivity contribution in [2.45, 2.75) is 51.6 Å². The smallest absolute Gasteiger partial charge is 0.0594 e. The third kappa shape index (κ3) is 2.96. The summed E-state index contributed by atoms with van der Waals surface area (Å²) in [5, 5.41) is 3.51. The number of morpholine rings is 1. The fourth-order valence-corrected chi connectivity index (χ4v) is 2.82. The molecule has 0 aliphatic carbocycles. The van der Waals surface area contributed by atoms with E-state index >= 15 is 0 Å². The molecule has 1 fully saturated rings. The topological polar surface area (TPSA) is 24.5 Å². The molecule has 1 heterocycles. The van der Waals surface area contributed by atoms with Gasteiger partial charge in [-0.25, -0.2) is 0 Å². The first kappa shape index (κ1) is 13.9. The molecule has 3 nitrogen and oxygen atoms in total. The maximum absolute atomic E-state index is 5.45. The Labute approximate surface area is 101 Å². The van der Waals surface area contributed by atoms with Crippen LogP contribution in [0.3, 0.4) is 0 Å². The van der Waals surface area contributed by atoms with Gasteiger partial charge in [-0.15, -0.1) is 0 Å². The van der Waals surface area contributed by atoms with E-state index in [0.717, 1.165) is 26.3 Å². The first-order chi connectivity index (χ1) is 7.69. The van der Waals surface area contributed by atoms with Gasteiger partial charge in [0.05, 0.1) is 13.2 Å². The van der Waals surface area contributed by atoms with Crippen molar-refractivity contribution in [2.24, 2.45) is 0 Å². The van der Waals surface area contributed by atoms with Crippen LogP contribution in [-0.2, 0) is 4.74 Å². The molecule has 0 bridgehead atoms. The van der Waals surface area contributed by atoms with Crippen LogP contribution in [0.15, 0.2) is 0 Å². The summed E-state index contributed by atoms with van der Waals surface area (Å²) in [7, 11) is 2.09. The zero-order valence-corrected chi connectivity index (χ0v) is 11.4. The first-order valence-electron chi connectivity index (χ1n) is 6.69. The van der Waals surface area contributed by atoms with Gasteiger partial charge in [-0.3, -0.25) is 4.90 Å². The van der Waals surface area contributed by atoms with Crippen molar-refractivity contribution in [3.8, 4) is 0 Å². The Morgan fingerprint density at radius 3 is 2.38 bits per heavy atom. The molecule has 2 unspecified atom stereocenters. The minimum Gasteiger partial charge on any atom is -0.379 e. The van der Waals surface area contributed by atoms with Crippen LogP contribution in [-0.4, -0.2) is 49.8 Å². The van der Waals surface area contributed by atoms with E-state index in [1.54, 1.807) is 0 Å². The fraction of sp³-hybridized carbons (Fsp3) is 1.00. The molecule has 1 aliphatic heterocycles. The molecular formula is C13H28N2O. The Balaban J connectivity index is 2.71. The Morgan fingerprint density at radius 2 is 1.94 bits per heavy atom. The Hall–Kier alpha value is -0.120. The molecule has 0 amide bonds. The van der Waals surface area contributed by atoms with Crippen molar-refractivity contribution < 1.29 is 4.74 Å². The molecule has 96 valence electrons. The molecule has 0 aromatic heterocycles. The highest BCUT2D eigenvalue weighted by Gasteiger charge is 2.37. The number of ether oxygens (including phenoxy) is 1. The molecule has 1 N–H and O–H groups in total. The molecule has 0 saturated carbocycles. The summed E-state index contributed by atoms with van der Waals surface area (Å²) < 4.78 is 5.45. The minimum atomic E-state index is 0.272. The van der Waals surface area contributed by atoms with Crippen LogP contribution in [0.4, 0.5) is 0 Å². The second kappa shape index (κ2) is 6.58. The fourth-order valence-electron chi connectivity index (χ4n) is 2.82. The monoisotopic (exact) mass is 228 g/mol. The van der Waals surface area contributed by atoms with Crippen LogP contribution < -0.4 is 5.32 Å². The number of hydrogen-bond acceptors (Lipinski definition) is 3. The van der Waals surface area contributed by atoms with Gasteiger partial charge in [0.25, 0.3) is 0 Å². The van der Waals surface area contributed by atoms with Gasteiger partial charge in [0.2, 0.25) is 0 Å². The van der Waals surface area contributed by atoms with E-state index in [4.69, 9.17) is 4.74 Å². The summed E-state index contributed by atoms with van der Waals surface area (Å²) in [5.41, 5.74) is 0.272. The third-order valence-corrected chi connectivity index (χ3v) is 4.13. The molecule has 0 radical (unpaired) electrons. The Morgan fingerprint density at radius 1 is 1.31 bits per heavy atom. The van der Waals surface area contributed by atoms with Crippen LogP contribution in [0, 0.1) is 0 Å². The summed E-state index contributed by atoms with van der Waals surface area (Å²) >= 11 is 0. The van der Waals surface area contributed by atoms with E-state index in [-0.39, 0.29) is 5.54 Å². The van der Waals surface area contributed by atoms with Gasteiger partial charge in [0.15, 0.2) is 0 Å². The number of likely N-dealkylation sites (N-methyl/N-ethyl adjacent to an activating group) is 1. The molecule has 0 spiro atoms. The van der Waals surface area contributed by atoms with Gasteiger partial charge >= 0.3 is 0 Å². The molecule has 16 heavy (non-hydrogen) atoms. The summed E-state index contributed by atoms with van der Waals surface area (Å²) in [6.45, 7) is 10.9. The van der Waals surface area contributed by atoms with Crippen LogP contribution in [0.25, 0.3) is 0 Å². The van der Waals surface area contributed by atoms with Crippen molar-refractivity contribution in [1.29, 1.82) is 0 Å². The van der Waals surface area contributed by atoms with Gasteiger partial charge < -0.3 is 10.1 Å². The van der Waals surface area contributed by atoms with E-state index in [1.807, 2.05) is 0 Å². The lowest BCUT2D eigenvalue weighted by atomic mass is 9.84. The average molecular weight is 228 g/mol. The average Bonchev–Trinajstić information content (AvgIpc) is 2.36. The van der Waals surface area contributed by atoms with Crippen molar-refractivity contribution in [2.75, 3.05) is 33.4 Å². The maximum atomic E-state index is 5.45. The van der Waals surface area contributed by atoms with Gasteiger partial charge in [-0.05, 0) is 26.8 Å². The van der Waals surface area contributed by atoms with Crippen LogP contribution in [0.5, 0.6) is 0 Å². The van der Waals surface area contributed by atoms with E-state index in [9.17, 15) is 0 Å². The highest BCUT2D eigenvalue weighted by Crippen LogP contribution is 2.27. The molecule has 0 aromatic carbocycles. The zero-order chi connectivity index (χ0) is 12.0. The van der Waals surface area contributed by atoms with Gasteiger partial charge in [0, 0.05) is 24.7 Å². The standard InChI is InChI=1S/C13H28N2O/c1-5-7-12(14-4)13(3,6-2)15-8-10-16-11-9-15/h12,14H,5-11H2,1-4H3. The lowest BCUT2D eigenvalue weighted by molar-refractivity contribution is -0.0325. The molecular weight excluding hydrogens is 200 g/mol. The molecule has 0 aromatic rings. The summed E-state index contributed by atoms with van der Waals surface area (Å²) in [6, 6.07) is 0.584. The molecule has 1 aliphatic rings. The summed E-state index contributed by atoms with van der Waals surface area (Å²) in [6.07, 6.45) is 3.68. The quantitative estimate of drug-likeness (QED) is 0.751. The van der Waals surface area contributed by atoms with Crippen molar-refractivity contribution in [3.63, 3.8) is 0 Å². The van der Waals surface area contributed by atoms with Crippen LogP contribution in [0.1, 0.15) is 40.0 Å². The van der Waals surface area contributed by atoms with Crippen LogP contribution >= 0.6 is 0 Å². The SMILES string of the molecule is CCCC(NC)C(C)(CC)N1CCOCC1. The molecule has 1 saturated heterocycles. The van der Waals surface area contributed by atoms with Crippen molar-refractivity contribution >= 4 is 0 Å². The second-order valence-corrected chi connectivity index (χ2v) is 4.94. The molecule has 3 heteroatoms. The van der Waals surface area contributed by atoms with Crippen molar-refractivity contribution in [1.82, 2.24) is 10.2 Å². The Kier molecular flexibility index (Phi) is 5.73. The second-order valence-electron chi connectivity index (χ2n) is 4.94. The molecule has 2 atom stereocenters. The number of rotatable bonds is 6. The molecule has 1 rings (SSSR count). The van der Waals surface area contributed by atoms with E-state index in [2.05, 4.69) is 38.0 Å². The van der Waals surface area contributed by atoms with E-state index in [1.165, 1.54) is 19.3 Å². The largest absolute Gasteiger partial charge is 0.379 e. The van der Waals surface area contributed by atoms with Gasteiger partial charge in [-0.2, -0.15) is 0 Å². The third-order valence-electron chi connectivity index (χ3n) is 4.13. The van der Waals surface area contributed by atoms with E-state index < -0.39 is 0 Å². The lowest BCUT2D eigenvalue weighted by Gasteiger charge is -2.47. The van der Waals surface area contributed by atoms with Gasteiger partial charge in [0.1, 0.15) is 0 Å². The highest BCUT2D eigenvalue weighted by molar-refractivity contribution is 4.96. The summed E-state index contributed by atoms with van der Waals surface area (Å²) in [5.74, 6) is 0. The number of hydrogen-bond donors (Lipinski definition) is 1. The highest BCUT2D eigenvalue weighted by atomic mass is 16.5. The van der Waals surface area contributed by atoms with Gasteiger partial charge in [-0.1, -0.05) is 20.3 Å². The predicted molar refractivity (Wildman–Crippen MR) is 68.8 cm³/mol. The Bertz CT molecular complexity index is 186. The lowest BCUT2D eigenvalue weighted by Crippen LogP contribution is -2.61. The summed E-state index contributed by atoms with van der Waals surface area (Å²) in [4.78, 5) is 2.60. The number of nitrogens with one attached hydrogen (secondary N) is 1. The first-order valence-corrected chi connectivity index (χ1v) is 6.69. The van der Waals surface area contributed by atoms with E-state index in [0.29, 0.717) is 6.04 Å². The maximum Gasteiger partial charge on any atom is 0.0594 e. The predicted octanol–water partition coefficient (Wildman–Crippen LogP) is 1.88. The van der Waals surface area contributed by atoms with Crippen molar-refractivity contribution in [3.05, 3.63) is 0 Å². The number of nitrogens with zero attached hydrogens (tertiary/aromatic N) is 1.